The lowest BCUT2D eigenvalue weighted by Crippen LogP contribution is -2.46. The molecule has 0 spiro atoms. The van der Waals surface area contributed by atoms with Crippen LogP contribution in [0.3, 0.4) is 0 Å². The first-order chi connectivity index (χ1) is 13.8. The first kappa shape index (κ1) is 23.9. The smallest absolute Gasteiger partial charge is 0.191 e. The van der Waals surface area contributed by atoms with Crippen molar-refractivity contribution in [2.24, 2.45) is 4.99 Å². The number of benzene rings is 1. The molecule has 8 heteroatoms. The van der Waals surface area contributed by atoms with E-state index in [-0.39, 0.29) is 24.0 Å². The molecule has 0 aliphatic carbocycles. The summed E-state index contributed by atoms with van der Waals surface area (Å²) in [4.78, 5) is 8.62. The number of nitrogens with one attached hydrogen (secondary N) is 2. The average Bonchev–Trinajstić information content (AvgIpc) is 3.28. The van der Waals surface area contributed by atoms with Crippen LogP contribution in [0.4, 0.5) is 0 Å². The number of guanidine groups is 1. The molecule has 0 radical (unpaired) electrons. The van der Waals surface area contributed by atoms with Gasteiger partial charge in [0.15, 0.2) is 5.96 Å². The van der Waals surface area contributed by atoms with Gasteiger partial charge in [-0.2, -0.15) is 0 Å². The molecule has 1 aromatic heterocycles. The van der Waals surface area contributed by atoms with Crippen molar-refractivity contribution in [2.45, 2.75) is 19.5 Å². The molecule has 1 unspecified atom stereocenters. The predicted octanol–water partition coefficient (Wildman–Crippen LogP) is 3.50. The number of thiophene rings is 1. The minimum absolute atomic E-state index is 0. The number of ether oxygens (including phenoxy) is 2. The van der Waals surface area contributed by atoms with Crippen LogP contribution in [0.1, 0.15) is 23.4 Å². The van der Waals surface area contributed by atoms with Gasteiger partial charge in [0.1, 0.15) is 5.75 Å². The number of hydrogen-bond donors (Lipinski definition) is 2. The second kappa shape index (κ2) is 13.0. The van der Waals surface area contributed by atoms with E-state index >= 15 is 0 Å². The molecule has 1 aliphatic heterocycles. The monoisotopic (exact) mass is 530 g/mol. The van der Waals surface area contributed by atoms with Gasteiger partial charge < -0.3 is 20.1 Å². The lowest BCUT2D eigenvalue weighted by molar-refractivity contribution is 0.0177. The molecule has 29 heavy (non-hydrogen) atoms. The summed E-state index contributed by atoms with van der Waals surface area (Å²) in [6.07, 6.45) is 0. The molecule has 2 heterocycles. The quantitative estimate of drug-likeness (QED) is 0.311. The topological polar surface area (TPSA) is 58.1 Å². The van der Waals surface area contributed by atoms with E-state index in [9.17, 15) is 0 Å². The molecule has 0 saturated carbocycles. The molecular weight excluding hydrogens is 499 g/mol. The van der Waals surface area contributed by atoms with E-state index in [0.29, 0.717) is 12.6 Å². The van der Waals surface area contributed by atoms with Gasteiger partial charge in [0.2, 0.25) is 0 Å². The fraction of sp³-hybridized carbons (Fsp3) is 0.476. The van der Waals surface area contributed by atoms with Gasteiger partial charge in [0, 0.05) is 31.1 Å². The Balaban J connectivity index is 0.00000300. The molecule has 1 saturated heterocycles. The van der Waals surface area contributed by atoms with Crippen LogP contribution in [0.25, 0.3) is 0 Å². The van der Waals surface area contributed by atoms with Crippen LogP contribution in [0.5, 0.6) is 5.75 Å². The number of aliphatic imine (C=N–C) groups is 1. The zero-order chi connectivity index (χ0) is 19.6. The third kappa shape index (κ3) is 7.44. The summed E-state index contributed by atoms with van der Waals surface area (Å²) in [5, 5.41) is 9.04. The summed E-state index contributed by atoms with van der Waals surface area (Å²) in [5.41, 5.74) is 1.15. The van der Waals surface area contributed by atoms with Gasteiger partial charge in [-0.25, -0.2) is 4.99 Å². The third-order valence-electron chi connectivity index (χ3n) is 4.74. The highest BCUT2D eigenvalue weighted by molar-refractivity contribution is 14.0. The van der Waals surface area contributed by atoms with Crippen molar-refractivity contribution in [2.75, 3.05) is 46.5 Å². The number of rotatable bonds is 8. The van der Waals surface area contributed by atoms with Crippen molar-refractivity contribution in [3.8, 4) is 5.75 Å². The van der Waals surface area contributed by atoms with Crippen LogP contribution >= 0.6 is 35.3 Å². The highest BCUT2D eigenvalue weighted by atomic mass is 127. The number of halogens is 1. The van der Waals surface area contributed by atoms with Gasteiger partial charge in [-0.3, -0.25) is 4.90 Å². The Morgan fingerprint density at radius 2 is 1.97 bits per heavy atom. The summed E-state index contributed by atoms with van der Waals surface area (Å²) in [7, 11) is 1.68. The first-order valence-electron chi connectivity index (χ1n) is 9.80. The zero-order valence-corrected chi connectivity index (χ0v) is 20.2. The van der Waals surface area contributed by atoms with E-state index < -0.39 is 0 Å². The van der Waals surface area contributed by atoms with Crippen molar-refractivity contribution in [3.05, 3.63) is 52.2 Å². The zero-order valence-electron chi connectivity index (χ0n) is 17.1. The molecule has 0 amide bonds. The maximum atomic E-state index is 5.53. The van der Waals surface area contributed by atoms with Gasteiger partial charge in [0.25, 0.3) is 0 Å². The van der Waals surface area contributed by atoms with Crippen LogP contribution in [0.2, 0.25) is 0 Å². The van der Waals surface area contributed by atoms with Crippen LogP contribution < -0.4 is 15.4 Å². The van der Waals surface area contributed by atoms with Gasteiger partial charge in [-0.15, -0.1) is 35.3 Å². The van der Waals surface area contributed by atoms with Gasteiger partial charge >= 0.3 is 0 Å². The summed E-state index contributed by atoms with van der Waals surface area (Å²) in [6, 6.07) is 12.7. The minimum Gasteiger partial charge on any atom is -0.497 e. The summed E-state index contributed by atoms with van der Waals surface area (Å²) < 4.78 is 10.7. The van der Waals surface area contributed by atoms with Crippen LogP contribution in [0, 0.1) is 0 Å². The normalized spacial score (nSPS) is 16.0. The fourth-order valence-electron chi connectivity index (χ4n) is 3.22. The maximum absolute atomic E-state index is 5.53. The van der Waals surface area contributed by atoms with Crippen molar-refractivity contribution < 1.29 is 9.47 Å². The molecule has 3 rings (SSSR count). The number of methoxy groups -OCH3 is 1. The molecule has 160 valence electrons. The molecule has 2 N–H and O–H groups in total. The van der Waals surface area contributed by atoms with E-state index in [1.54, 1.807) is 7.11 Å². The highest BCUT2D eigenvalue weighted by Crippen LogP contribution is 2.25. The van der Waals surface area contributed by atoms with Crippen LogP contribution in [0.15, 0.2) is 46.8 Å². The molecular formula is C21H31IN4O2S. The van der Waals surface area contributed by atoms with Crippen molar-refractivity contribution in [1.82, 2.24) is 15.5 Å². The Bertz CT molecular complexity index is 719. The average molecular weight is 530 g/mol. The van der Waals surface area contributed by atoms with Crippen LogP contribution in [-0.4, -0.2) is 57.4 Å². The Hall–Kier alpha value is -1.36. The lowest BCUT2D eigenvalue weighted by Gasteiger charge is -2.34. The standard InChI is InChI=1S/C21H30N4O2S.HI/c1-3-22-21(23-15-17-6-8-18(26-2)9-7-17)24-16-19(20-5-4-14-28-20)25-10-12-27-13-11-25;/h4-9,14,19H,3,10-13,15-16H2,1-2H3,(H2,22,23,24);1H. The summed E-state index contributed by atoms with van der Waals surface area (Å²) in [5.74, 6) is 1.70. The van der Waals surface area contributed by atoms with E-state index in [1.165, 1.54) is 4.88 Å². The Morgan fingerprint density at radius 3 is 2.59 bits per heavy atom. The molecule has 2 aromatic rings. The number of nitrogens with zero attached hydrogens (tertiary/aromatic N) is 2. The Kier molecular flexibility index (Phi) is 10.8. The summed E-state index contributed by atoms with van der Waals surface area (Å²) in [6.45, 7) is 7.88. The Labute approximate surface area is 194 Å². The summed E-state index contributed by atoms with van der Waals surface area (Å²) >= 11 is 1.81. The molecule has 6 nitrogen and oxygen atoms in total. The minimum atomic E-state index is 0. The number of hydrogen-bond acceptors (Lipinski definition) is 5. The second-order valence-corrected chi connectivity index (χ2v) is 7.58. The van der Waals surface area contributed by atoms with Crippen LogP contribution in [-0.2, 0) is 11.3 Å². The molecule has 1 atom stereocenters. The highest BCUT2D eigenvalue weighted by Gasteiger charge is 2.23. The SMILES string of the molecule is CCNC(=NCc1ccc(OC)cc1)NCC(c1cccs1)N1CCOCC1.I. The second-order valence-electron chi connectivity index (χ2n) is 6.60. The van der Waals surface area contributed by atoms with Crippen molar-refractivity contribution >= 4 is 41.3 Å². The van der Waals surface area contributed by atoms with Crippen molar-refractivity contribution in [1.29, 1.82) is 0 Å². The Morgan fingerprint density at radius 1 is 1.21 bits per heavy atom. The van der Waals surface area contributed by atoms with E-state index in [0.717, 1.165) is 56.7 Å². The van der Waals surface area contributed by atoms with E-state index in [1.807, 2.05) is 35.6 Å². The van der Waals surface area contributed by atoms with Gasteiger partial charge in [0.05, 0.1) is 32.9 Å². The largest absolute Gasteiger partial charge is 0.497 e. The molecule has 1 aromatic carbocycles. The number of morpholine rings is 1. The maximum Gasteiger partial charge on any atom is 0.191 e. The predicted molar refractivity (Wildman–Crippen MR) is 131 cm³/mol. The fourth-order valence-corrected chi connectivity index (χ4v) is 4.08. The molecule has 1 fully saturated rings. The third-order valence-corrected chi connectivity index (χ3v) is 5.72. The molecule has 1 aliphatic rings. The van der Waals surface area contributed by atoms with Gasteiger partial charge in [-0.05, 0) is 36.1 Å². The lowest BCUT2D eigenvalue weighted by atomic mass is 10.2. The van der Waals surface area contributed by atoms with Gasteiger partial charge in [-0.1, -0.05) is 18.2 Å². The van der Waals surface area contributed by atoms with E-state index in [2.05, 4.69) is 40.0 Å². The molecule has 0 bridgehead atoms. The van der Waals surface area contributed by atoms with Crippen molar-refractivity contribution in [3.63, 3.8) is 0 Å². The van der Waals surface area contributed by atoms with E-state index in [4.69, 9.17) is 14.5 Å². The first-order valence-corrected chi connectivity index (χ1v) is 10.7.